The summed E-state index contributed by atoms with van der Waals surface area (Å²) < 4.78 is 84.5. The summed E-state index contributed by atoms with van der Waals surface area (Å²) >= 11 is 0. The van der Waals surface area contributed by atoms with Crippen LogP contribution in [0.1, 0.15) is 36.0 Å². The fraction of sp³-hybridized carbons (Fsp3) is 0.360. The highest BCUT2D eigenvalue weighted by Crippen LogP contribution is 2.40. The third kappa shape index (κ3) is 5.40. The largest absolute Gasteiger partial charge is 0.465 e. The van der Waals surface area contributed by atoms with E-state index in [4.69, 9.17) is 5.11 Å². The molecule has 2 fully saturated rings. The normalized spacial score (nSPS) is 16.9. The standard InChI is InChI=1S/C25H21F6N5O4/c26-12-7-15(27)18(16(28)8-12)36-9-14(22(38)34-20(11-1-2-11)25(29,30)31)19(37)13-3-4-17(33-21(13)36)32-10-24(5-6-24)35-23(39)40/h3-4,7-9,11,20,35H,1-2,5-6,10H2,(H,32,33)(H,34,38)(H,39,40)/t20-/m0/s1. The van der Waals surface area contributed by atoms with Crippen molar-refractivity contribution in [1.82, 2.24) is 20.2 Å². The van der Waals surface area contributed by atoms with Crippen LogP contribution in [-0.4, -0.2) is 51.0 Å². The molecule has 1 aromatic carbocycles. The first-order chi connectivity index (χ1) is 18.8. The van der Waals surface area contributed by atoms with E-state index in [1.54, 1.807) is 0 Å². The van der Waals surface area contributed by atoms with Crippen LogP contribution in [0.4, 0.5) is 37.0 Å². The van der Waals surface area contributed by atoms with Crippen LogP contribution in [0.2, 0.25) is 0 Å². The number of nitrogens with zero attached hydrogens (tertiary/aromatic N) is 2. The molecule has 2 heterocycles. The lowest BCUT2D eigenvalue weighted by Gasteiger charge is -2.22. The predicted molar refractivity (Wildman–Crippen MR) is 129 cm³/mol. The quantitative estimate of drug-likeness (QED) is 0.303. The number of hydrogen-bond acceptors (Lipinski definition) is 5. The predicted octanol–water partition coefficient (Wildman–Crippen LogP) is 4.09. The maximum absolute atomic E-state index is 14.8. The molecule has 2 amide bonds. The van der Waals surface area contributed by atoms with Gasteiger partial charge in [-0.05, 0) is 43.7 Å². The molecule has 2 aromatic heterocycles. The number of hydrogen-bond donors (Lipinski definition) is 4. The number of fused-ring (bicyclic) bond motifs is 1. The van der Waals surface area contributed by atoms with Crippen molar-refractivity contribution < 1.29 is 41.0 Å². The van der Waals surface area contributed by atoms with E-state index in [-0.39, 0.29) is 36.2 Å². The molecular weight excluding hydrogens is 548 g/mol. The van der Waals surface area contributed by atoms with Crippen molar-refractivity contribution in [3.8, 4) is 5.69 Å². The molecule has 3 aromatic rings. The van der Waals surface area contributed by atoms with Gasteiger partial charge < -0.3 is 21.1 Å². The van der Waals surface area contributed by atoms with E-state index >= 15 is 0 Å². The average molecular weight is 569 g/mol. The van der Waals surface area contributed by atoms with Gasteiger partial charge in [0.2, 0.25) is 5.43 Å². The van der Waals surface area contributed by atoms with Gasteiger partial charge in [0.25, 0.3) is 5.91 Å². The number of pyridine rings is 2. The first-order valence-electron chi connectivity index (χ1n) is 12.1. The Kier molecular flexibility index (Phi) is 6.62. The van der Waals surface area contributed by atoms with Crippen LogP contribution in [0.15, 0.2) is 35.3 Å². The van der Waals surface area contributed by atoms with Crippen molar-refractivity contribution >= 4 is 28.9 Å². The third-order valence-electron chi connectivity index (χ3n) is 6.88. The van der Waals surface area contributed by atoms with Gasteiger partial charge in [-0.25, -0.2) is 22.9 Å². The molecule has 1 atom stereocenters. The summed E-state index contributed by atoms with van der Waals surface area (Å²) in [5.74, 6) is -6.32. The number of amides is 2. The van der Waals surface area contributed by atoms with Gasteiger partial charge in [0.1, 0.15) is 28.9 Å². The van der Waals surface area contributed by atoms with Crippen LogP contribution >= 0.6 is 0 Å². The number of halogens is 6. The Morgan fingerprint density at radius 2 is 1.77 bits per heavy atom. The first-order valence-corrected chi connectivity index (χ1v) is 12.1. The molecule has 0 bridgehead atoms. The van der Waals surface area contributed by atoms with Gasteiger partial charge in [-0.1, -0.05) is 0 Å². The molecule has 212 valence electrons. The van der Waals surface area contributed by atoms with Gasteiger partial charge in [0.05, 0.1) is 10.9 Å². The molecule has 0 radical (unpaired) electrons. The van der Waals surface area contributed by atoms with E-state index in [1.807, 2.05) is 5.32 Å². The van der Waals surface area contributed by atoms with E-state index in [9.17, 15) is 40.7 Å². The van der Waals surface area contributed by atoms with Crippen molar-refractivity contribution in [1.29, 1.82) is 0 Å². The second-order valence-corrected chi connectivity index (χ2v) is 9.92. The monoisotopic (exact) mass is 569 g/mol. The van der Waals surface area contributed by atoms with Crippen molar-refractivity contribution in [2.45, 2.75) is 43.4 Å². The van der Waals surface area contributed by atoms with Crippen molar-refractivity contribution in [3.05, 3.63) is 63.7 Å². The highest BCUT2D eigenvalue weighted by atomic mass is 19.4. The minimum Gasteiger partial charge on any atom is -0.465 e. The summed E-state index contributed by atoms with van der Waals surface area (Å²) in [6.07, 6.45) is -3.85. The van der Waals surface area contributed by atoms with E-state index < -0.39 is 69.8 Å². The molecule has 2 aliphatic rings. The number of anilines is 1. The van der Waals surface area contributed by atoms with Crippen LogP contribution in [0.5, 0.6) is 0 Å². The van der Waals surface area contributed by atoms with E-state index in [0.717, 1.165) is 6.07 Å². The molecule has 15 heteroatoms. The lowest BCUT2D eigenvalue weighted by molar-refractivity contribution is -0.158. The highest BCUT2D eigenvalue weighted by molar-refractivity contribution is 5.97. The number of benzene rings is 1. The Bertz CT molecular complexity index is 1560. The van der Waals surface area contributed by atoms with Crippen molar-refractivity contribution in [2.24, 2.45) is 5.92 Å². The molecule has 0 saturated heterocycles. The number of carboxylic acid groups (broad SMARTS) is 1. The number of rotatable bonds is 8. The van der Waals surface area contributed by atoms with E-state index in [1.165, 1.54) is 6.07 Å². The zero-order chi connectivity index (χ0) is 29.0. The fourth-order valence-electron chi connectivity index (χ4n) is 4.50. The summed E-state index contributed by atoms with van der Waals surface area (Å²) in [7, 11) is 0. The molecule has 0 unspecified atom stereocenters. The van der Waals surface area contributed by atoms with Crippen molar-refractivity contribution in [2.75, 3.05) is 11.9 Å². The molecule has 2 saturated carbocycles. The number of nitrogens with one attached hydrogen (secondary N) is 3. The van der Waals surface area contributed by atoms with Gasteiger partial charge >= 0.3 is 12.3 Å². The zero-order valence-corrected chi connectivity index (χ0v) is 20.4. The van der Waals surface area contributed by atoms with Gasteiger partial charge in [0.15, 0.2) is 17.3 Å². The molecule has 2 aliphatic carbocycles. The summed E-state index contributed by atoms with van der Waals surface area (Å²) in [5.41, 5.74) is -3.95. The summed E-state index contributed by atoms with van der Waals surface area (Å²) in [4.78, 5) is 41.4. The van der Waals surface area contributed by atoms with Gasteiger partial charge in [0, 0.05) is 24.9 Å². The molecule has 4 N–H and O–H groups in total. The SMILES string of the molecule is O=C(O)NC1(CNc2ccc3c(=O)c(C(=O)N[C@@H](C4CC4)C(F)(F)F)cn(-c4c(F)cc(F)cc4F)c3n2)CC1. The molecule has 40 heavy (non-hydrogen) atoms. The topological polar surface area (TPSA) is 125 Å². The number of aromatic nitrogens is 2. The number of carbonyl (C=O) groups excluding carboxylic acids is 1. The Labute approximate surface area is 221 Å². The zero-order valence-electron chi connectivity index (χ0n) is 20.4. The summed E-state index contributed by atoms with van der Waals surface area (Å²) in [6, 6.07) is 0.928. The van der Waals surface area contributed by atoms with Gasteiger partial charge in [-0.15, -0.1) is 0 Å². The summed E-state index contributed by atoms with van der Waals surface area (Å²) in [6.45, 7) is 0.0851. The fourth-order valence-corrected chi connectivity index (χ4v) is 4.50. The molecule has 9 nitrogen and oxygen atoms in total. The van der Waals surface area contributed by atoms with Gasteiger partial charge in [-0.3, -0.25) is 14.2 Å². The minimum absolute atomic E-state index is 0.0603. The first kappa shape index (κ1) is 27.3. The Morgan fingerprint density at radius 1 is 1.12 bits per heavy atom. The van der Waals surface area contributed by atoms with Crippen LogP contribution in [0.25, 0.3) is 16.7 Å². The Hall–Kier alpha value is -4.30. The lowest BCUT2D eigenvalue weighted by Crippen LogP contribution is -2.48. The minimum atomic E-state index is -4.79. The highest BCUT2D eigenvalue weighted by Gasteiger charge is 2.50. The maximum atomic E-state index is 14.8. The van der Waals surface area contributed by atoms with Crippen molar-refractivity contribution in [3.63, 3.8) is 0 Å². The van der Waals surface area contributed by atoms with E-state index in [2.05, 4.69) is 15.6 Å². The Balaban J connectivity index is 1.60. The smallest absolute Gasteiger partial charge is 0.408 e. The Morgan fingerprint density at radius 3 is 2.33 bits per heavy atom. The second kappa shape index (κ2) is 9.71. The summed E-state index contributed by atoms with van der Waals surface area (Å²) in [5, 5.41) is 15.7. The van der Waals surface area contributed by atoms with Crippen LogP contribution < -0.4 is 21.4 Å². The second-order valence-electron chi connectivity index (χ2n) is 9.92. The van der Waals surface area contributed by atoms with Gasteiger partial charge in [-0.2, -0.15) is 13.2 Å². The lowest BCUT2D eigenvalue weighted by atomic mass is 10.1. The number of carbonyl (C=O) groups is 2. The van der Waals surface area contributed by atoms with Crippen LogP contribution in [-0.2, 0) is 0 Å². The maximum Gasteiger partial charge on any atom is 0.408 e. The molecule has 5 rings (SSSR count). The van der Waals surface area contributed by atoms with Crippen LogP contribution in [0, 0.1) is 23.4 Å². The molecular formula is C25H21F6N5O4. The van der Waals surface area contributed by atoms with E-state index in [0.29, 0.717) is 35.7 Å². The average Bonchev–Trinajstić information content (AvgIpc) is 3.78. The molecule has 0 aliphatic heterocycles. The van der Waals surface area contributed by atoms with Crippen LogP contribution in [0.3, 0.4) is 0 Å². The molecule has 0 spiro atoms. The third-order valence-corrected chi connectivity index (χ3v) is 6.88. The number of alkyl halides is 3.